The normalized spacial score (nSPS) is 31.2. The second-order valence-corrected chi connectivity index (χ2v) is 14.1. The van der Waals surface area contributed by atoms with Crippen LogP contribution in [-0.2, 0) is 10.3 Å². The summed E-state index contributed by atoms with van der Waals surface area (Å²) in [4.78, 5) is 27.5. The smallest absolute Gasteiger partial charge is 0.410 e. The Morgan fingerprint density at radius 2 is 1.62 bits per heavy atom. The predicted octanol–water partition coefficient (Wildman–Crippen LogP) is 6.14. The van der Waals surface area contributed by atoms with Gasteiger partial charge in [0.15, 0.2) is 0 Å². The molecule has 4 aliphatic carbocycles. The second kappa shape index (κ2) is 9.75. The first-order valence-corrected chi connectivity index (χ1v) is 14.5. The van der Waals surface area contributed by atoms with E-state index in [9.17, 15) is 14.7 Å². The van der Waals surface area contributed by atoms with Gasteiger partial charge in [-0.3, -0.25) is 4.79 Å². The van der Waals surface area contributed by atoms with E-state index in [1.54, 1.807) is 24.0 Å². The molecule has 204 valence electrons. The Bertz CT molecular complexity index is 1000. The Labute approximate surface area is 226 Å². The first kappa shape index (κ1) is 26.8. The Morgan fingerprint density at radius 3 is 2.16 bits per heavy atom. The molecular weight excluding hydrogens is 488 g/mol. The van der Waals surface area contributed by atoms with Crippen LogP contribution < -0.4 is 5.32 Å². The quantitative estimate of drug-likeness (QED) is 0.479. The lowest BCUT2D eigenvalue weighted by Gasteiger charge is -2.56. The van der Waals surface area contributed by atoms with Gasteiger partial charge in [-0.25, -0.2) is 4.79 Å². The summed E-state index contributed by atoms with van der Waals surface area (Å²) in [6.07, 6.45) is 8.87. The van der Waals surface area contributed by atoms with Gasteiger partial charge in [0.1, 0.15) is 5.60 Å². The molecule has 5 aliphatic rings. The van der Waals surface area contributed by atoms with Crippen LogP contribution in [0.5, 0.6) is 0 Å². The molecule has 4 bridgehead atoms. The maximum Gasteiger partial charge on any atom is 0.410 e. The van der Waals surface area contributed by atoms with Crippen molar-refractivity contribution < 1.29 is 19.4 Å². The van der Waals surface area contributed by atoms with E-state index in [0.717, 1.165) is 24.3 Å². The van der Waals surface area contributed by atoms with E-state index in [1.165, 1.54) is 38.5 Å². The molecule has 1 unspecified atom stereocenters. The molecule has 5 fully saturated rings. The molecular formula is C30H43ClN2O4. The average Bonchev–Trinajstić information content (AvgIpc) is 2.81. The molecule has 6 nitrogen and oxygen atoms in total. The number of amides is 2. The van der Waals surface area contributed by atoms with Crippen LogP contribution >= 0.6 is 11.6 Å². The number of carbonyl (C=O) groups is 2. The Morgan fingerprint density at radius 1 is 1.05 bits per heavy atom. The van der Waals surface area contributed by atoms with Gasteiger partial charge < -0.3 is 20.1 Å². The molecule has 2 N–H and O–H groups in total. The first-order chi connectivity index (χ1) is 17.3. The van der Waals surface area contributed by atoms with E-state index in [-0.39, 0.29) is 23.3 Å². The van der Waals surface area contributed by atoms with Crippen molar-refractivity contribution in [3.05, 3.63) is 34.3 Å². The molecule has 1 aliphatic heterocycles. The summed E-state index contributed by atoms with van der Waals surface area (Å²) in [6.45, 7) is 9.17. The van der Waals surface area contributed by atoms with Crippen LogP contribution in [0.25, 0.3) is 0 Å². The van der Waals surface area contributed by atoms with Crippen LogP contribution in [-0.4, -0.2) is 47.2 Å². The maximum atomic E-state index is 13.3. The van der Waals surface area contributed by atoms with E-state index >= 15 is 0 Å². The van der Waals surface area contributed by atoms with Crippen molar-refractivity contribution in [3.8, 4) is 0 Å². The van der Waals surface area contributed by atoms with Gasteiger partial charge in [0, 0.05) is 19.6 Å². The van der Waals surface area contributed by atoms with Gasteiger partial charge in [-0.1, -0.05) is 17.7 Å². The number of aliphatic hydroxyl groups is 1. The minimum absolute atomic E-state index is 0.0460. The molecule has 0 radical (unpaired) electrons. The Balaban J connectivity index is 1.23. The van der Waals surface area contributed by atoms with Crippen LogP contribution in [0.1, 0.15) is 95.0 Å². The lowest BCUT2D eigenvalue weighted by molar-refractivity contribution is -0.0503. The number of ether oxygens (including phenoxy) is 1. The molecule has 1 atom stereocenters. The minimum Gasteiger partial charge on any atom is -0.444 e. The largest absolute Gasteiger partial charge is 0.444 e. The lowest BCUT2D eigenvalue weighted by Crippen LogP contribution is -2.51. The summed E-state index contributed by atoms with van der Waals surface area (Å²) in [5.41, 5.74) is -0.306. The number of piperidine rings is 1. The maximum absolute atomic E-state index is 13.3. The van der Waals surface area contributed by atoms with Crippen molar-refractivity contribution in [1.82, 2.24) is 10.2 Å². The molecule has 0 aromatic heterocycles. The minimum atomic E-state index is -1.14. The highest BCUT2D eigenvalue weighted by Gasteiger charge is 2.50. The van der Waals surface area contributed by atoms with E-state index in [2.05, 4.69) is 5.32 Å². The molecule has 6 rings (SSSR count). The SMILES string of the molecule is CC(C)(C)OC(=O)N1CCC(C(C)(O)c2ccc(Cl)c(C(=O)NCC34CC5CC(CC(C5)C3)C4)c2)CC1. The highest BCUT2D eigenvalue weighted by atomic mass is 35.5. The van der Waals surface area contributed by atoms with Crippen molar-refractivity contribution >= 4 is 23.6 Å². The fourth-order valence-corrected chi connectivity index (χ4v) is 8.27. The van der Waals surface area contributed by atoms with E-state index < -0.39 is 11.2 Å². The summed E-state index contributed by atoms with van der Waals surface area (Å²) in [5.74, 6) is 2.32. The van der Waals surface area contributed by atoms with E-state index in [1.807, 2.05) is 26.8 Å². The lowest BCUT2D eigenvalue weighted by atomic mass is 9.49. The number of hydrogen-bond acceptors (Lipinski definition) is 4. The second-order valence-electron chi connectivity index (χ2n) is 13.7. The Kier molecular flexibility index (Phi) is 7.06. The van der Waals surface area contributed by atoms with Crippen LogP contribution in [0.2, 0.25) is 5.02 Å². The number of nitrogens with zero attached hydrogens (tertiary/aromatic N) is 1. The van der Waals surface area contributed by atoms with Gasteiger partial charge in [0.05, 0.1) is 16.2 Å². The average molecular weight is 531 g/mol. The van der Waals surface area contributed by atoms with Gasteiger partial charge in [-0.15, -0.1) is 0 Å². The van der Waals surface area contributed by atoms with Crippen LogP contribution in [0, 0.1) is 29.1 Å². The van der Waals surface area contributed by atoms with Crippen molar-refractivity contribution in [2.24, 2.45) is 29.1 Å². The topological polar surface area (TPSA) is 78.9 Å². The fraction of sp³-hybridized carbons (Fsp3) is 0.733. The number of nitrogens with one attached hydrogen (secondary N) is 1. The number of carbonyl (C=O) groups excluding carboxylic acids is 2. The van der Waals surface area contributed by atoms with Gasteiger partial charge in [0.2, 0.25) is 0 Å². The van der Waals surface area contributed by atoms with Crippen LogP contribution in [0.4, 0.5) is 4.79 Å². The summed E-state index contributed by atoms with van der Waals surface area (Å²) in [6, 6.07) is 5.30. The first-order valence-electron chi connectivity index (χ1n) is 14.1. The van der Waals surface area contributed by atoms with Crippen molar-refractivity contribution in [2.45, 2.75) is 90.3 Å². The molecule has 1 saturated heterocycles. The van der Waals surface area contributed by atoms with Gasteiger partial charge >= 0.3 is 6.09 Å². The molecule has 1 aromatic rings. The third-order valence-corrected chi connectivity index (χ3v) is 9.86. The number of likely N-dealkylation sites (tertiary alicyclic amines) is 1. The van der Waals surface area contributed by atoms with Gasteiger partial charge in [0.25, 0.3) is 5.91 Å². The monoisotopic (exact) mass is 530 g/mol. The highest BCUT2D eigenvalue weighted by Crippen LogP contribution is 2.59. The zero-order chi connectivity index (χ0) is 26.6. The van der Waals surface area contributed by atoms with Crippen molar-refractivity contribution in [1.29, 1.82) is 0 Å². The number of benzene rings is 1. The van der Waals surface area contributed by atoms with Gasteiger partial charge in [-0.2, -0.15) is 0 Å². The predicted molar refractivity (Wildman–Crippen MR) is 144 cm³/mol. The molecule has 4 saturated carbocycles. The molecule has 0 spiro atoms. The molecule has 7 heteroatoms. The van der Waals surface area contributed by atoms with Crippen molar-refractivity contribution in [3.63, 3.8) is 0 Å². The van der Waals surface area contributed by atoms with E-state index in [0.29, 0.717) is 42.1 Å². The third-order valence-electron chi connectivity index (χ3n) is 9.53. The summed E-state index contributed by atoms with van der Waals surface area (Å²) >= 11 is 6.49. The standard InChI is InChI=1S/C30H43ClN2O4/c1-28(2,3)37-27(35)33-9-7-22(8-10-33)29(4,36)23-5-6-25(31)24(14-23)26(34)32-18-30-15-19-11-20(16-30)13-21(12-19)17-30/h5-6,14,19-22,36H,7-13,15-18H2,1-4H3,(H,32,34). The van der Waals surface area contributed by atoms with Gasteiger partial charge in [-0.05, 0) is 126 Å². The molecule has 1 heterocycles. The summed E-state index contributed by atoms with van der Waals surface area (Å²) in [5, 5.41) is 15.2. The zero-order valence-corrected chi connectivity index (χ0v) is 23.6. The van der Waals surface area contributed by atoms with Crippen LogP contribution in [0.3, 0.4) is 0 Å². The summed E-state index contributed by atoms with van der Waals surface area (Å²) < 4.78 is 5.50. The molecule has 37 heavy (non-hydrogen) atoms. The number of rotatable bonds is 5. The number of halogens is 1. The van der Waals surface area contributed by atoms with E-state index in [4.69, 9.17) is 16.3 Å². The third kappa shape index (κ3) is 5.66. The number of hydrogen-bond donors (Lipinski definition) is 2. The fourth-order valence-electron chi connectivity index (χ4n) is 8.07. The zero-order valence-electron chi connectivity index (χ0n) is 22.8. The Hall–Kier alpha value is -1.79. The highest BCUT2D eigenvalue weighted by molar-refractivity contribution is 6.33. The van der Waals surface area contributed by atoms with Crippen molar-refractivity contribution in [2.75, 3.05) is 19.6 Å². The van der Waals surface area contributed by atoms with Crippen LogP contribution in [0.15, 0.2) is 18.2 Å². The molecule has 2 amide bonds. The summed E-state index contributed by atoms with van der Waals surface area (Å²) in [7, 11) is 0. The molecule has 1 aromatic carbocycles.